The number of aromatic nitrogens is 2. The third-order valence-electron chi connectivity index (χ3n) is 5.11. The van der Waals surface area contributed by atoms with Crippen LogP contribution in [0.3, 0.4) is 0 Å². The van der Waals surface area contributed by atoms with Gasteiger partial charge in [0.1, 0.15) is 0 Å². The summed E-state index contributed by atoms with van der Waals surface area (Å²) in [6, 6.07) is 18.1. The number of aromatic amines is 1. The highest BCUT2D eigenvalue weighted by molar-refractivity contribution is 9.09. The summed E-state index contributed by atoms with van der Waals surface area (Å²) in [6.45, 7) is 0. The molecule has 0 radical (unpaired) electrons. The highest BCUT2D eigenvalue weighted by Gasteiger charge is 2.11. The Bertz CT molecular complexity index is 1050. The maximum absolute atomic E-state index is 12.5. The maximum atomic E-state index is 12.5. The van der Waals surface area contributed by atoms with Gasteiger partial charge < -0.3 is 11.1 Å². The first-order valence-corrected chi connectivity index (χ1v) is 11.5. The highest BCUT2D eigenvalue weighted by atomic mass is 79.9. The van der Waals surface area contributed by atoms with Gasteiger partial charge in [0.15, 0.2) is 0 Å². The van der Waals surface area contributed by atoms with Crippen molar-refractivity contribution in [2.75, 3.05) is 16.4 Å². The van der Waals surface area contributed by atoms with Crippen LogP contribution in [-0.4, -0.2) is 21.2 Å². The van der Waals surface area contributed by atoms with Crippen molar-refractivity contribution in [3.8, 4) is 0 Å². The Labute approximate surface area is 190 Å². The molecule has 1 amide bonds. The van der Waals surface area contributed by atoms with Gasteiger partial charge in [0.05, 0.1) is 11.0 Å². The third-order valence-corrected chi connectivity index (χ3v) is 5.62. The summed E-state index contributed by atoms with van der Waals surface area (Å²) in [5.74, 6) is 0.0636. The van der Waals surface area contributed by atoms with Gasteiger partial charge in [-0.3, -0.25) is 14.6 Å². The van der Waals surface area contributed by atoms with E-state index in [1.807, 2.05) is 42.5 Å². The van der Waals surface area contributed by atoms with Crippen molar-refractivity contribution in [1.82, 2.24) is 9.97 Å². The summed E-state index contributed by atoms with van der Waals surface area (Å²) in [7, 11) is 0. The van der Waals surface area contributed by atoms with Crippen molar-refractivity contribution >= 4 is 33.5 Å². The van der Waals surface area contributed by atoms with Crippen molar-refractivity contribution in [3.05, 3.63) is 87.3 Å². The second-order valence-electron chi connectivity index (χ2n) is 7.45. The molecule has 0 saturated carbocycles. The van der Waals surface area contributed by atoms with Crippen molar-refractivity contribution < 1.29 is 4.79 Å². The van der Waals surface area contributed by atoms with Crippen molar-refractivity contribution in [2.24, 2.45) is 0 Å². The second kappa shape index (κ2) is 11.5. The van der Waals surface area contributed by atoms with E-state index in [0.29, 0.717) is 12.8 Å². The molecule has 2 aromatic carbocycles. The van der Waals surface area contributed by atoms with Crippen LogP contribution < -0.4 is 16.6 Å². The minimum atomic E-state index is -0.143. The number of H-pyrrole nitrogens is 1. The number of nitrogens with one attached hydrogen (secondary N) is 2. The molecule has 4 N–H and O–H groups in total. The van der Waals surface area contributed by atoms with Crippen molar-refractivity contribution in [2.45, 2.75) is 38.5 Å². The third kappa shape index (κ3) is 7.07. The topological polar surface area (TPSA) is 101 Å². The normalized spacial score (nSPS) is 10.7. The van der Waals surface area contributed by atoms with Crippen LogP contribution in [0.5, 0.6) is 0 Å². The lowest BCUT2D eigenvalue weighted by Crippen LogP contribution is -2.20. The minimum absolute atomic E-state index is 0.0900. The molecule has 0 aliphatic carbocycles. The van der Waals surface area contributed by atoms with E-state index in [2.05, 4.69) is 43.3 Å². The predicted octanol–water partition coefficient (Wildman–Crippen LogP) is 4.04. The Kier molecular flexibility index (Phi) is 8.41. The number of halogens is 1. The maximum Gasteiger partial charge on any atom is 0.255 e. The fourth-order valence-corrected chi connectivity index (χ4v) is 3.66. The number of carbonyl (C=O) groups is 1. The van der Waals surface area contributed by atoms with Gasteiger partial charge in [-0.2, -0.15) is 0 Å². The summed E-state index contributed by atoms with van der Waals surface area (Å²) in [5.41, 5.74) is 10.3. The lowest BCUT2D eigenvalue weighted by atomic mass is 10.0. The quantitative estimate of drug-likeness (QED) is 0.299. The van der Waals surface area contributed by atoms with Crippen LogP contribution in [0.1, 0.15) is 35.2 Å². The average Bonchev–Trinajstić information content (AvgIpc) is 2.78. The Balaban J connectivity index is 1.60. The van der Waals surface area contributed by atoms with Gasteiger partial charge in [0.25, 0.3) is 5.56 Å². The molecule has 0 spiro atoms. The number of amides is 1. The highest BCUT2D eigenvalue weighted by Crippen LogP contribution is 2.15. The molecule has 1 aromatic heterocycles. The molecule has 0 aliphatic heterocycles. The molecule has 0 aliphatic rings. The van der Waals surface area contributed by atoms with Gasteiger partial charge in [-0.25, -0.2) is 4.98 Å². The number of nitrogens with two attached hydrogens (primary N) is 1. The zero-order valence-electron chi connectivity index (χ0n) is 17.4. The molecule has 162 valence electrons. The van der Waals surface area contributed by atoms with E-state index in [0.717, 1.165) is 48.2 Å². The van der Waals surface area contributed by atoms with Gasteiger partial charge >= 0.3 is 0 Å². The average molecular weight is 483 g/mol. The van der Waals surface area contributed by atoms with Crippen LogP contribution in [-0.2, 0) is 30.5 Å². The van der Waals surface area contributed by atoms with Gasteiger partial charge in [0, 0.05) is 11.3 Å². The zero-order valence-corrected chi connectivity index (χ0v) is 19.0. The molecule has 1 heterocycles. The van der Waals surface area contributed by atoms with E-state index in [-0.39, 0.29) is 22.7 Å². The van der Waals surface area contributed by atoms with E-state index in [1.54, 1.807) is 0 Å². The molecule has 0 atom stereocenters. The number of carbonyl (C=O) groups excluding carboxylic acids is 1. The fraction of sp³-hybridized carbons (Fsp3) is 0.292. The fourth-order valence-electron chi connectivity index (χ4n) is 3.52. The monoisotopic (exact) mass is 482 g/mol. The number of rotatable bonds is 10. The lowest BCUT2D eigenvalue weighted by molar-refractivity contribution is -0.113. The smallest absolute Gasteiger partial charge is 0.255 e. The SMILES string of the molecule is Nc1nc(CCc2ccc(NC(=O)CBr)cc2)c(CCCCc2ccccc2)c(=O)[nH]1. The number of alkyl halides is 1. The first kappa shape index (κ1) is 22.7. The first-order valence-electron chi connectivity index (χ1n) is 10.4. The van der Waals surface area contributed by atoms with E-state index in [4.69, 9.17) is 5.73 Å². The molecule has 3 aromatic rings. The summed E-state index contributed by atoms with van der Waals surface area (Å²) >= 11 is 3.13. The lowest BCUT2D eigenvalue weighted by Gasteiger charge is -2.10. The standard InChI is InChI=1S/C24H27BrN4O2/c25-16-22(30)27-19-13-10-18(11-14-19)12-15-21-20(23(31)29-24(26)28-21)9-5-4-8-17-6-2-1-3-7-17/h1-3,6-7,10-11,13-14H,4-5,8-9,12,15-16H2,(H,27,30)(H3,26,28,29,31). The van der Waals surface area contributed by atoms with Crippen LogP contribution in [0.2, 0.25) is 0 Å². The van der Waals surface area contributed by atoms with Crippen LogP contribution in [0.15, 0.2) is 59.4 Å². The van der Waals surface area contributed by atoms with Gasteiger partial charge in [0.2, 0.25) is 11.9 Å². The Hall–Kier alpha value is -2.93. The molecule has 31 heavy (non-hydrogen) atoms. The summed E-state index contributed by atoms with van der Waals surface area (Å²) in [6.07, 6.45) is 4.97. The zero-order chi connectivity index (χ0) is 22.1. The van der Waals surface area contributed by atoms with Crippen LogP contribution >= 0.6 is 15.9 Å². The Morgan fingerprint density at radius 2 is 1.61 bits per heavy atom. The van der Waals surface area contributed by atoms with E-state index in [9.17, 15) is 9.59 Å². The van der Waals surface area contributed by atoms with Crippen LogP contribution in [0.4, 0.5) is 11.6 Å². The Morgan fingerprint density at radius 1 is 0.935 bits per heavy atom. The molecule has 0 saturated heterocycles. The molecule has 6 nitrogen and oxygen atoms in total. The van der Waals surface area contributed by atoms with Crippen molar-refractivity contribution in [3.63, 3.8) is 0 Å². The molecule has 3 rings (SSSR count). The number of hydrogen-bond acceptors (Lipinski definition) is 4. The molecule has 0 unspecified atom stereocenters. The van der Waals surface area contributed by atoms with E-state index >= 15 is 0 Å². The molecule has 0 fully saturated rings. The largest absolute Gasteiger partial charge is 0.369 e. The summed E-state index contributed by atoms with van der Waals surface area (Å²) in [5, 5.41) is 3.06. The van der Waals surface area contributed by atoms with Gasteiger partial charge in [-0.1, -0.05) is 58.4 Å². The van der Waals surface area contributed by atoms with Crippen LogP contribution in [0.25, 0.3) is 0 Å². The van der Waals surface area contributed by atoms with Crippen LogP contribution in [0, 0.1) is 0 Å². The number of aryl methyl sites for hydroxylation is 3. The minimum Gasteiger partial charge on any atom is -0.369 e. The number of unbranched alkanes of at least 4 members (excludes halogenated alkanes) is 1. The number of nitrogen functional groups attached to an aromatic ring is 1. The first-order chi connectivity index (χ1) is 15.0. The number of nitrogens with zero attached hydrogens (tertiary/aromatic N) is 1. The second-order valence-corrected chi connectivity index (χ2v) is 8.01. The van der Waals surface area contributed by atoms with E-state index < -0.39 is 0 Å². The number of anilines is 2. The Morgan fingerprint density at radius 3 is 2.32 bits per heavy atom. The summed E-state index contributed by atoms with van der Waals surface area (Å²) < 4.78 is 0. The predicted molar refractivity (Wildman–Crippen MR) is 129 cm³/mol. The molecular formula is C24H27BrN4O2. The van der Waals surface area contributed by atoms with E-state index in [1.165, 1.54) is 5.56 Å². The molecular weight excluding hydrogens is 456 g/mol. The van der Waals surface area contributed by atoms with Gasteiger partial charge in [-0.15, -0.1) is 0 Å². The van der Waals surface area contributed by atoms with Crippen molar-refractivity contribution in [1.29, 1.82) is 0 Å². The molecule has 7 heteroatoms. The number of benzene rings is 2. The van der Waals surface area contributed by atoms with Gasteiger partial charge in [-0.05, 0) is 61.8 Å². The summed E-state index contributed by atoms with van der Waals surface area (Å²) in [4.78, 5) is 31.0. The molecule has 0 bridgehead atoms. The number of hydrogen-bond donors (Lipinski definition) is 3.